The Morgan fingerprint density at radius 3 is 2.31 bits per heavy atom. The van der Waals surface area contributed by atoms with Crippen LogP contribution >= 0.6 is 0 Å². The fourth-order valence-electron chi connectivity index (χ4n) is 4.79. The SMILES string of the molecule is COC(=O)c1c(O)c(C)c(O)c(C(=O)[C@@H]2CC=C(CCC=C(C)C)C[C@H]2c2ccccc2)c1OC. The summed E-state index contributed by atoms with van der Waals surface area (Å²) in [5, 5.41) is 21.4. The highest BCUT2D eigenvalue weighted by Crippen LogP contribution is 2.47. The summed E-state index contributed by atoms with van der Waals surface area (Å²) in [7, 11) is 2.47. The predicted octanol–water partition coefficient (Wildman–Crippen LogP) is 6.25. The number of hydrogen-bond donors (Lipinski definition) is 2. The first kappa shape index (κ1) is 26.1. The fourth-order valence-corrected chi connectivity index (χ4v) is 4.79. The van der Waals surface area contributed by atoms with Crippen molar-refractivity contribution in [3.05, 3.63) is 75.9 Å². The Morgan fingerprint density at radius 2 is 1.71 bits per heavy atom. The number of phenols is 2. The summed E-state index contributed by atoms with van der Waals surface area (Å²) in [5.74, 6) is -2.78. The second-order valence-corrected chi connectivity index (χ2v) is 9.21. The summed E-state index contributed by atoms with van der Waals surface area (Å²) in [6.45, 7) is 5.61. The first-order valence-electron chi connectivity index (χ1n) is 11.8. The van der Waals surface area contributed by atoms with Crippen molar-refractivity contribution in [2.24, 2.45) is 5.92 Å². The number of ether oxygens (including phenoxy) is 2. The average Bonchev–Trinajstić information content (AvgIpc) is 2.86. The van der Waals surface area contributed by atoms with Crippen LogP contribution in [-0.4, -0.2) is 36.2 Å². The van der Waals surface area contributed by atoms with Crippen molar-refractivity contribution in [3.63, 3.8) is 0 Å². The highest BCUT2D eigenvalue weighted by molar-refractivity contribution is 6.09. The lowest BCUT2D eigenvalue weighted by atomic mass is 9.71. The van der Waals surface area contributed by atoms with Crippen LogP contribution in [0.1, 0.15) is 77.3 Å². The van der Waals surface area contributed by atoms with E-state index in [1.54, 1.807) is 0 Å². The monoisotopic (exact) mass is 478 g/mol. The van der Waals surface area contributed by atoms with Gasteiger partial charge in [0.15, 0.2) is 11.5 Å². The molecule has 1 aliphatic carbocycles. The highest BCUT2D eigenvalue weighted by atomic mass is 16.5. The van der Waals surface area contributed by atoms with Crippen LogP contribution in [0.25, 0.3) is 0 Å². The molecule has 0 aliphatic heterocycles. The first-order chi connectivity index (χ1) is 16.7. The number of esters is 1. The quantitative estimate of drug-likeness (QED) is 0.265. The Morgan fingerprint density at radius 1 is 1.06 bits per heavy atom. The van der Waals surface area contributed by atoms with E-state index < -0.39 is 17.6 Å². The number of rotatable bonds is 8. The minimum Gasteiger partial charge on any atom is -0.507 e. The third-order valence-corrected chi connectivity index (χ3v) is 6.69. The van der Waals surface area contributed by atoms with E-state index >= 15 is 0 Å². The van der Waals surface area contributed by atoms with Crippen molar-refractivity contribution in [2.45, 2.75) is 52.4 Å². The molecule has 0 saturated heterocycles. The molecule has 0 unspecified atom stereocenters. The fraction of sp³-hybridized carbons (Fsp3) is 0.379. The van der Waals surface area contributed by atoms with E-state index in [2.05, 4.69) is 26.0 Å². The molecule has 2 aromatic carbocycles. The van der Waals surface area contributed by atoms with Gasteiger partial charge in [0.2, 0.25) is 0 Å². The van der Waals surface area contributed by atoms with Gasteiger partial charge in [-0.3, -0.25) is 4.79 Å². The lowest BCUT2D eigenvalue weighted by Gasteiger charge is -2.32. The minimum absolute atomic E-state index is 0.0274. The van der Waals surface area contributed by atoms with Gasteiger partial charge in [0.25, 0.3) is 0 Å². The molecule has 186 valence electrons. The van der Waals surface area contributed by atoms with Crippen LogP contribution in [0, 0.1) is 12.8 Å². The molecule has 6 nitrogen and oxygen atoms in total. The van der Waals surface area contributed by atoms with Gasteiger partial charge in [0.05, 0.1) is 14.2 Å². The predicted molar refractivity (Wildman–Crippen MR) is 135 cm³/mol. The van der Waals surface area contributed by atoms with E-state index in [1.165, 1.54) is 32.3 Å². The molecule has 3 rings (SSSR count). The molecular weight excluding hydrogens is 444 g/mol. The minimum atomic E-state index is -0.846. The van der Waals surface area contributed by atoms with E-state index in [4.69, 9.17) is 9.47 Å². The molecule has 0 heterocycles. The maximum Gasteiger partial charge on any atom is 0.345 e. The summed E-state index contributed by atoms with van der Waals surface area (Å²) < 4.78 is 10.2. The molecule has 6 heteroatoms. The van der Waals surface area contributed by atoms with Crippen molar-refractivity contribution in [1.82, 2.24) is 0 Å². The van der Waals surface area contributed by atoms with E-state index in [9.17, 15) is 19.8 Å². The summed E-state index contributed by atoms with van der Waals surface area (Å²) in [6.07, 6.45) is 7.43. The molecule has 2 N–H and O–H groups in total. The smallest absolute Gasteiger partial charge is 0.345 e. The van der Waals surface area contributed by atoms with Gasteiger partial charge >= 0.3 is 5.97 Å². The van der Waals surface area contributed by atoms with Crippen LogP contribution in [0.2, 0.25) is 0 Å². The number of carbonyl (C=O) groups excluding carboxylic acids is 2. The standard InChI is InChI=1S/C29H34O6/c1-17(2)10-9-11-19-14-15-21(22(16-19)20-12-7-6-8-13-20)27(32)23-25(30)18(3)26(31)24(28(23)34-4)29(33)35-5/h6-8,10,12-14,21-22,30-31H,9,11,15-16H2,1-5H3/t21-,22+/m1/s1. The number of Topliss-reactive ketones (excluding diaryl/α,β-unsaturated/α-hetero) is 1. The Kier molecular flexibility index (Phi) is 8.39. The third-order valence-electron chi connectivity index (χ3n) is 6.69. The van der Waals surface area contributed by atoms with Crippen LogP contribution in [0.5, 0.6) is 17.2 Å². The number of methoxy groups -OCH3 is 2. The molecule has 0 radical (unpaired) electrons. The molecule has 35 heavy (non-hydrogen) atoms. The zero-order valence-corrected chi connectivity index (χ0v) is 21.1. The van der Waals surface area contributed by atoms with Gasteiger partial charge < -0.3 is 19.7 Å². The first-order valence-corrected chi connectivity index (χ1v) is 11.8. The Labute approximate surface area is 206 Å². The molecule has 0 fully saturated rings. The van der Waals surface area contributed by atoms with Gasteiger partial charge in [-0.1, -0.05) is 53.6 Å². The van der Waals surface area contributed by atoms with Crippen LogP contribution in [0.15, 0.2) is 53.6 Å². The number of hydrogen-bond acceptors (Lipinski definition) is 6. The molecule has 0 aromatic heterocycles. The Balaban J connectivity index is 2.09. The highest BCUT2D eigenvalue weighted by Gasteiger charge is 2.38. The number of allylic oxidation sites excluding steroid dienone is 4. The van der Waals surface area contributed by atoms with Gasteiger partial charge in [-0.2, -0.15) is 0 Å². The van der Waals surface area contributed by atoms with E-state index in [-0.39, 0.29) is 39.9 Å². The number of phenolic OH excluding ortho intramolecular Hbond substituents is 2. The normalized spacial score (nSPS) is 17.3. The summed E-state index contributed by atoms with van der Waals surface area (Å²) in [5.41, 5.74) is 3.28. The van der Waals surface area contributed by atoms with E-state index in [0.29, 0.717) is 6.42 Å². The molecule has 0 spiro atoms. The molecule has 1 aliphatic rings. The number of carbonyl (C=O) groups is 2. The second-order valence-electron chi connectivity index (χ2n) is 9.21. The maximum absolute atomic E-state index is 14.0. The second kappa shape index (κ2) is 11.3. The summed E-state index contributed by atoms with van der Waals surface area (Å²) in [6, 6.07) is 9.88. The largest absolute Gasteiger partial charge is 0.507 e. The lowest BCUT2D eigenvalue weighted by Crippen LogP contribution is -2.27. The van der Waals surface area contributed by atoms with Crippen molar-refractivity contribution >= 4 is 11.8 Å². The summed E-state index contributed by atoms with van der Waals surface area (Å²) >= 11 is 0. The van der Waals surface area contributed by atoms with Gasteiger partial charge in [0, 0.05) is 11.5 Å². The van der Waals surface area contributed by atoms with E-state index in [1.807, 2.05) is 30.3 Å². The maximum atomic E-state index is 14.0. The van der Waals surface area contributed by atoms with Crippen molar-refractivity contribution in [3.8, 4) is 17.2 Å². The van der Waals surface area contributed by atoms with Crippen molar-refractivity contribution < 1.29 is 29.3 Å². The Hall–Kier alpha value is -3.54. The Bertz CT molecular complexity index is 1160. The average molecular weight is 479 g/mol. The van der Waals surface area contributed by atoms with Crippen LogP contribution in [0.4, 0.5) is 0 Å². The number of benzene rings is 2. The molecule has 2 aromatic rings. The number of aromatic hydroxyl groups is 2. The lowest BCUT2D eigenvalue weighted by molar-refractivity contribution is 0.0593. The topological polar surface area (TPSA) is 93.1 Å². The van der Waals surface area contributed by atoms with Crippen LogP contribution in [-0.2, 0) is 4.74 Å². The number of ketones is 1. The van der Waals surface area contributed by atoms with Crippen LogP contribution in [0.3, 0.4) is 0 Å². The van der Waals surface area contributed by atoms with Crippen molar-refractivity contribution in [2.75, 3.05) is 14.2 Å². The van der Waals surface area contributed by atoms with Gasteiger partial charge in [-0.15, -0.1) is 0 Å². The van der Waals surface area contributed by atoms with Gasteiger partial charge in [-0.05, 0) is 57.9 Å². The molecule has 0 saturated carbocycles. The zero-order chi connectivity index (χ0) is 25.7. The zero-order valence-electron chi connectivity index (χ0n) is 21.1. The third kappa shape index (κ3) is 5.42. The van der Waals surface area contributed by atoms with Gasteiger partial charge in [-0.25, -0.2) is 4.79 Å². The van der Waals surface area contributed by atoms with E-state index in [0.717, 1.165) is 24.8 Å². The van der Waals surface area contributed by atoms with Crippen molar-refractivity contribution in [1.29, 1.82) is 0 Å². The van der Waals surface area contributed by atoms with Crippen LogP contribution < -0.4 is 4.74 Å². The molecule has 0 bridgehead atoms. The molecular formula is C29H34O6. The van der Waals surface area contributed by atoms with Gasteiger partial charge in [0.1, 0.15) is 22.6 Å². The molecule has 0 amide bonds. The summed E-state index contributed by atoms with van der Waals surface area (Å²) in [4.78, 5) is 26.4. The molecule has 2 atom stereocenters.